The first kappa shape index (κ1) is 18.9. The van der Waals surface area contributed by atoms with Crippen LogP contribution in [0, 0.1) is 0 Å². The fraction of sp³-hybridized carbons (Fsp3) is 0.348. The number of carbonyl (C=O) groups excluding carboxylic acids is 1. The molecule has 1 aliphatic heterocycles. The molecule has 28 heavy (non-hydrogen) atoms. The molecule has 1 atom stereocenters. The van der Waals surface area contributed by atoms with Crippen molar-refractivity contribution in [3.63, 3.8) is 0 Å². The molecule has 2 aromatic carbocycles. The summed E-state index contributed by atoms with van der Waals surface area (Å²) in [4.78, 5) is 24.5. The molecular formula is C23H25N3OS. The Morgan fingerprint density at radius 3 is 2.68 bits per heavy atom. The molecular weight excluding hydrogens is 366 g/mol. The van der Waals surface area contributed by atoms with Crippen LogP contribution < -0.4 is 0 Å². The van der Waals surface area contributed by atoms with Crippen molar-refractivity contribution in [1.82, 2.24) is 14.9 Å². The summed E-state index contributed by atoms with van der Waals surface area (Å²) in [6, 6.07) is 18.4. The van der Waals surface area contributed by atoms with E-state index in [1.165, 1.54) is 18.2 Å². The Morgan fingerprint density at radius 2 is 1.86 bits per heavy atom. The van der Waals surface area contributed by atoms with E-state index in [9.17, 15) is 4.79 Å². The Morgan fingerprint density at radius 1 is 1.07 bits per heavy atom. The van der Waals surface area contributed by atoms with E-state index in [2.05, 4.69) is 11.8 Å². The zero-order valence-corrected chi connectivity index (χ0v) is 17.0. The number of amides is 1. The first-order valence-corrected chi connectivity index (χ1v) is 11.0. The van der Waals surface area contributed by atoms with Crippen LogP contribution in [0.25, 0.3) is 22.3 Å². The van der Waals surface area contributed by atoms with Gasteiger partial charge in [0.05, 0.1) is 11.3 Å². The van der Waals surface area contributed by atoms with Gasteiger partial charge in [0.25, 0.3) is 0 Å². The van der Waals surface area contributed by atoms with Gasteiger partial charge < -0.3 is 4.90 Å². The number of hydrogen-bond donors (Lipinski definition) is 0. The quantitative estimate of drug-likeness (QED) is 0.444. The van der Waals surface area contributed by atoms with Gasteiger partial charge in [0.2, 0.25) is 5.91 Å². The fourth-order valence-electron chi connectivity index (χ4n) is 3.84. The van der Waals surface area contributed by atoms with E-state index in [1.807, 2.05) is 54.6 Å². The summed E-state index contributed by atoms with van der Waals surface area (Å²) in [7, 11) is 0. The maximum absolute atomic E-state index is 12.9. The molecule has 1 amide bonds. The van der Waals surface area contributed by atoms with Crippen LogP contribution in [0.1, 0.15) is 32.6 Å². The minimum atomic E-state index is 0.223. The van der Waals surface area contributed by atoms with Crippen LogP contribution in [0.2, 0.25) is 0 Å². The van der Waals surface area contributed by atoms with Crippen molar-refractivity contribution in [2.75, 3.05) is 12.3 Å². The average molecular weight is 392 g/mol. The normalized spacial score (nSPS) is 17.0. The number of aromatic nitrogens is 2. The van der Waals surface area contributed by atoms with Gasteiger partial charge in [-0.05, 0) is 31.7 Å². The molecule has 1 aliphatic rings. The van der Waals surface area contributed by atoms with Gasteiger partial charge in [0.1, 0.15) is 5.03 Å². The van der Waals surface area contributed by atoms with Crippen LogP contribution in [-0.2, 0) is 4.79 Å². The first-order chi connectivity index (χ1) is 13.8. The maximum atomic E-state index is 12.9. The van der Waals surface area contributed by atoms with Crippen LogP contribution in [0.5, 0.6) is 0 Å². The third kappa shape index (κ3) is 4.04. The van der Waals surface area contributed by atoms with Gasteiger partial charge in [-0.2, -0.15) is 0 Å². The molecule has 144 valence electrons. The van der Waals surface area contributed by atoms with Crippen molar-refractivity contribution < 1.29 is 4.79 Å². The summed E-state index contributed by atoms with van der Waals surface area (Å²) in [5.74, 6) is 1.35. The second-order valence-corrected chi connectivity index (χ2v) is 8.13. The van der Waals surface area contributed by atoms with E-state index in [1.54, 1.807) is 0 Å². The van der Waals surface area contributed by atoms with Gasteiger partial charge in [-0.1, -0.05) is 67.2 Å². The largest absolute Gasteiger partial charge is 0.339 e. The topological polar surface area (TPSA) is 46.1 Å². The van der Waals surface area contributed by atoms with Gasteiger partial charge in [-0.3, -0.25) is 4.79 Å². The molecule has 1 saturated heterocycles. The van der Waals surface area contributed by atoms with Crippen molar-refractivity contribution >= 4 is 28.6 Å². The van der Waals surface area contributed by atoms with E-state index in [0.717, 1.165) is 47.3 Å². The number of para-hydroxylation sites is 1. The second kappa shape index (κ2) is 8.74. The lowest BCUT2D eigenvalue weighted by molar-refractivity contribution is -0.132. The number of fused-ring (bicyclic) bond motifs is 1. The zero-order valence-electron chi connectivity index (χ0n) is 16.2. The van der Waals surface area contributed by atoms with E-state index < -0.39 is 0 Å². The van der Waals surface area contributed by atoms with Crippen LogP contribution in [-0.4, -0.2) is 39.1 Å². The number of thioether (sulfide) groups is 1. The first-order valence-electron chi connectivity index (χ1n) is 10.0. The minimum Gasteiger partial charge on any atom is -0.339 e. The highest BCUT2D eigenvalue weighted by Gasteiger charge is 2.25. The monoisotopic (exact) mass is 391 g/mol. The molecule has 4 nitrogen and oxygen atoms in total. The predicted octanol–water partition coefficient (Wildman–Crippen LogP) is 5.18. The van der Waals surface area contributed by atoms with E-state index in [4.69, 9.17) is 9.97 Å². The van der Waals surface area contributed by atoms with Crippen molar-refractivity contribution in [3.05, 3.63) is 54.6 Å². The molecule has 2 heterocycles. The van der Waals surface area contributed by atoms with Gasteiger partial charge in [0.15, 0.2) is 5.82 Å². The molecule has 1 aromatic heterocycles. The molecule has 0 aliphatic carbocycles. The average Bonchev–Trinajstić information content (AvgIpc) is 2.77. The second-order valence-electron chi connectivity index (χ2n) is 7.17. The number of carbonyl (C=O) groups is 1. The summed E-state index contributed by atoms with van der Waals surface area (Å²) in [5, 5.41) is 1.88. The molecule has 3 aromatic rings. The van der Waals surface area contributed by atoms with E-state index in [-0.39, 0.29) is 5.91 Å². The summed E-state index contributed by atoms with van der Waals surface area (Å²) in [6.45, 7) is 3.06. The number of rotatable bonds is 5. The Bertz CT molecular complexity index is 960. The summed E-state index contributed by atoms with van der Waals surface area (Å²) >= 11 is 1.53. The Labute approximate surface area is 170 Å². The van der Waals surface area contributed by atoms with E-state index in [0.29, 0.717) is 17.6 Å². The SMILES string of the molecule is CCC1CCCCN1C(=O)CSc1nc(-c2ccccc2)nc2ccccc12. The highest BCUT2D eigenvalue weighted by atomic mass is 32.2. The summed E-state index contributed by atoms with van der Waals surface area (Å²) in [6.07, 6.45) is 4.50. The highest BCUT2D eigenvalue weighted by molar-refractivity contribution is 8.00. The van der Waals surface area contributed by atoms with Crippen molar-refractivity contribution in [1.29, 1.82) is 0 Å². The van der Waals surface area contributed by atoms with Crippen LogP contribution in [0.3, 0.4) is 0 Å². The lowest BCUT2D eigenvalue weighted by Crippen LogP contribution is -2.44. The summed E-state index contributed by atoms with van der Waals surface area (Å²) in [5.41, 5.74) is 1.90. The predicted molar refractivity (Wildman–Crippen MR) is 115 cm³/mol. The molecule has 1 fully saturated rings. The van der Waals surface area contributed by atoms with Crippen LogP contribution in [0.15, 0.2) is 59.6 Å². The Hall–Kier alpha value is -2.40. The highest BCUT2D eigenvalue weighted by Crippen LogP contribution is 2.29. The lowest BCUT2D eigenvalue weighted by Gasteiger charge is -2.35. The van der Waals surface area contributed by atoms with Gasteiger partial charge >= 0.3 is 0 Å². The third-order valence-electron chi connectivity index (χ3n) is 5.35. The van der Waals surface area contributed by atoms with Gasteiger partial charge in [-0.15, -0.1) is 0 Å². The van der Waals surface area contributed by atoms with Crippen molar-refractivity contribution in [2.45, 2.75) is 43.7 Å². The fourth-order valence-corrected chi connectivity index (χ4v) is 4.75. The standard InChI is InChI=1S/C23H25N3OS/c1-2-18-12-8-9-15-26(18)21(27)16-28-23-19-13-6-7-14-20(19)24-22(25-23)17-10-4-3-5-11-17/h3-7,10-11,13-14,18H,2,8-9,12,15-16H2,1H3. The molecule has 4 rings (SSSR count). The molecule has 0 saturated carbocycles. The Balaban J connectivity index is 1.60. The smallest absolute Gasteiger partial charge is 0.233 e. The van der Waals surface area contributed by atoms with Gasteiger partial charge in [-0.25, -0.2) is 9.97 Å². The zero-order chi connectivity index (χ0) is 19.3. The number of benzene rings is 2. The lowest BCUT2D eigenvalue weighted by atomic mass is 10.0. The molecule has 5 heteroatoms. The van der Waals surface area contributed by atoms with Gasteiger partial charge in [0, 0.05) is 23.5 Å². The third-order valence-corrected chi connectivity index (χ3v) is 6.33. The molecule has 0 N–H and O–H groups in total. The molecule has 0 radical (unpaired) electrons. The van der Waals surface area contributed by atoms with E-state index >= 15 is 0 Å². The van der Waals surface area contributed by atoms with Crippen LogP contribution >= 0.6 is 11.8 Å². The number of likely N-dealkylation sites (tertiary alicyclic amines) is 1. The van der Waals surface area contributed by atoms with Crippen molar-refractivity contribution in [3.8, 4) is 11.4 Å². The molecule has 1 unspecified atom stereocenters. The molecule has 0 spiro atoms. The Kier molecular flexibility index (Phi) is 5.91. The molecule has 0 bridgehead atoms. The number of piperidine rings is 1. The minimum absolute atomic E-state index is 0.223. The number of hydrogen-bond acceptors (Lipinski definition) is 4. The number of nitrogens with zero attached hydrogens (tertiary/aromatic N) is 3. The summed E-state index contributed by atoms with van der Waals surface area (Å²) < 4.78 is 0. The maximum Gasteiger partial charge on any atom is 0.233 e. The van der Waals surface area contributed by atoms with Crippen molar-refractivity contribution in [2.24, 2.45) is 0 Å². The van der Waals surface area contributed by atoms with Crippen LogP contribution in [0.4, 0.5) is 0 Å².